The number of carbonyl (C=O) groups is 2. The van der Waals surface area contributed by atoms with Crippen LogP contribution in [0.5, 0.6) is 0 Å². The van der Waals surface area contributed by atoms with E-state index in [2.05, 4.69) is 10.6 Å². The molecule has 0 bridgehead atoms. The summed E-state index contributed by atoms with van der Waals surface area (Å²) in [5.74, 6) is -1.27. The predicted octanol–water partition coefficient (Wildman–Crippen LogP) is 1.12. The van der Waals surface area contributed by atoms with Crippen LogP contribution in [0.15, 0.2) is 29.2 Å². The number of anilines is 1. The number of sulfonamides is 1. The third-order valence-corrected chi connectivity index (χ3v) is 5.16. The van der Waals surface area contributed by atoms with Gasteiger partial charge in [0, 0.05) is 11.6 Å². The molecule has 26 heavy (non-hydrogen) atoms. The van der Waals surface area contributed by atoms with Crippen LogP contribution in [0.1, 0.15) is 26.7 Å². The van der Waals surface area contributed by atoms with E-state index in [-0.39, 0.29) is 33.9 Å². The highest BCUT2D eigenvalue weighted by Gasteiger charge is 2.34. The molecule has 2 rings (SSSR count). The van der Waals surface area contributed by atoms with Crippen molar-refractivity contribution in [3.63, 3.8) is 0 Å². The highest BCUT2D eigenvalue weighted by atomic mass is 32.2. The van der Waals surface area contributed by atoms with Crippen molar-refractivity contribution in [2.45, 2.75) is 37.7 Å². The summed E-state index contributed by atoms with van der Waals surface area (Å²) in [6, 6.07) is 5.63. The molecule has 1 aliphatic heterocycles. The van der Waals surface area contributed by atoms with E-state index in [9.17, 15) is 18.0 Å². The molecule has 1 aromatic carbocycles. The number of amides is 1. The quantitative estimate of drug-likeness (QED) is 0.500. The molecule has 1 heterocycles. The van der Waals surface area contributed by atoms with E-state index in [0.29, 0.717) is 18.5 Å². The van der Waals surface area contributed by atoms with Crippen LogP contribution in [0.25, 0.3) is 0 Å². The lowest BCUT2D eigenvalue weighted by Crippen LogP contribution is -2.38. The second-order valence-electron chi connectivity index (χ2n) is 6.33. The van der Waals surface area contributed by atoms with Gasteiger partial charge in [-0.1, -0.05) is 6.92 Å². The summed E-state index contributed by atoms with van der Waals surface area (Å²) in [4.78, 5) is 23.9. The molecule has 10 heteroatoms. The zero-order chi connectivity index (χ0) is 19.5. The van der Waals surface area contributed by atoms with Gasteiger partial charge < -0.3 is 15.4 Å². The van der Waals surface area contributed by atoms with Crippen LogP contribution < -0.4 is 15.8 Å². The monoisotopic (exact) mass is 399 g/mol. The van der Waals surface area contributed by atoms with Crippen molar-refractivity contribution in [1.82, 2.24) is 5.32 Å². The van der Waals surface area contributed by atoms with Gasteiger partial charge in [0.2, 0.25) is 15.9 Å². The van der Waals surface area contributed by atoms with Crippen molar-refractivity contribution in [3.05, 3.63) is 24.3 Å². The van der Waals surface area contributed by atoms with Crippen LogP contribution >= 0.6 is 12.2 Å². The number of hydrogen-bond acceptors (Lipinski definition) is 6. The van der Waals surface area contributed by atoms with Gasteiger partial charge in [-0.2, -0.15) is 0 Å². The van der Waals surface area contributed by atoms with E-state index in [1.807, 2.05) is 6.92 Å². The number of ether oxygens (including phenoxy) is 1. The Labute approximate surface area is 157 Å². The molecule has 142 valence electrons. The van der Waals surface area contributed by atoms with Crippen LogP contribution in [0.4, 0.5) is 5.69 Å². The van der Waals surface area contributed by atoms with E-state index in [1.165, 1.54) is 24.3 Å². The Morgan fingerprint density at radius 2 is 2.00 bits per heavy atom. The van der Waals surface area contributed by atoms with Gasteiger partial charge in [0.15, 0.2) is 5.11 Å². The average Bonchev–Trinajstić information content (AvgIpc) is 2.84. The Bertz CT molecular complexity index is 808. The molecule has 1 saturated heterocycles. The molecule has 0 saturated carbocycles. The SMILES string of the molecule is C[C@@H]1C[C@@H](C[C@H](C)C(=O)NC(=S)Nc2ccc(S(N)(=O)=O)cc2)C(=O)O1. The van der Waals surface area contributed by atoms with Crippen molar-refractivity contribution < 1.29 is 22.7 Å². The molecule has 0 aromatic heterocycles. The minimum absolute atomic E-state index is 0.0238. The Balaban J connectivity index is 1.86. The third kappa shape index (κ3) is 5.48. The Morgan fingerprint density at radius 1 is 1.38 bits per heavy atom. The summed E-state index contributed by atoms with van der Waals surface area (Å²) in [5.41, 5.74) is 0.503. The van der Waals surface area contributed by atoms with Gasteiger partial charge in [-0.15, -0.1) is 0 Å². The summed E-state index contributed by atoms with van der Waals surface area (Å²) >= 11 is 5.08. The minimum atomic E-state index is -3.77. The van der Waals surface area contributed by atoms with E-state index >= 15 is 0 Å². The van der Waals surface area contributed by atoms with Gasteiger partial charge in [0.25, 0.3) is 0 Å². The van der Waals surface area contributed by atoms with Gasteiger partial charge in [-0.25, -0.2) is 13.6 Å². The molecule has 1 amide bonds. The number of rotatable bonds is 5. The standard InChI is InChI=1S/C16H21N3O5S2/c1-9(7-11-8-10(2)24-15(11)21)14(20)19-16(25)18-12-3-5-13(6-4-12)26(17,22)23/h3-6,9-11H,7-8H2,1-2H3,(H2,17,22,23)(H2,18,19,20,25)/t9-,10+,11+/m0/s1. The topological polar surface area (TPSA) is 128 Å². The Morgan fingerprint density at radius 3 is 2.50 bits per heavy atom. The van der Waals surface area contributed by atoms with Crippen molar-refractivity contribution in [2.75, 3.05) is 5.32 Å². The van der Waals surface area contributed by atoms with Gasteiger partial charge in [0.1, 0.15) is 0 Å². The Kier molecular flexibility index (Phi) is 6.32. The lowest BCUT2D eigenvalue weighted by Gasteiger charge is -2.15. The average molecular weight is 399 g/mol. The molecule has 0 aliphatic carbocycles. The highest BCUT2D eigenvalue weighted by molar-refractivity contribution is 7.89. The van der Waals surface area contributed by atoms with Crippen LogP contribution in [-0.4, -0.2) is 31.5 Å². The number of nitrogens with one attached hydrogen (secondary N) is 2. The largest absolute Gasteiger partial charge is 0.462 e. The van der Waals surface area contributed by atoms with Gasteiger partial charge in [-0.3, -0.25) is 9.59 Å². The predicted molar refractivity (Wildman–Crippen MR) is 99.6 cm³/mol. The zero-order valence-electron chi connectivity index (χ0n) is 14.4. The fraction of sp³-hybridized carbons (Fsp3) is 0.438. The summed E-state index contributed by atoms with van der Waals surface area (Å²) in [6.07, 6.45) is 0.877. The number of primary sulfonamides is 1. The molecular weight excluding hydrogens is 378 g/mol. The zero-order valence-corrected chi connectivity index (χ0v) is 16.0. The van der Waals surface area contributed by atoms with Crippen LogP contribution in [-0.2, 0) is 24.3 Å². The normalized spacial score (nSPS) is 21.0. The van der Waals surface area contributed by atoms with Gasteiger partial charge >= 0.3 is 5.97 Å². The number of cyclic esters (lactones) is 1. The van der Waals surface area contributed by atoms with Crippen LogP contribution in [0.2, 0.25) is 0 Å². The molecule has 0 radical (unpaired) electrons. The van der Waals surface area contributed by atoms with Gasteiger partial charge in [0.05, 0.1) is 16.9 Å². The lowest BCUT2D eigenvalue weighted by atomic mass is 9.93. The maximum absolute atomic E-state index is 12.2. The minimum Gasteiger partial charge on any atom is -0.462 e. The molecular formula is C16H21N3O5S2. The first kappa shape index (κ1) is 20.3. The third-order valence-electron chi connectivity index (χ3n) is 4.03. The smallest absolute Gasteiger partial charge is 0.309 e. The molecule has 1 fully saturated rings. The first-order valence-corrected chi connectivity index (χ1v) is 9.97. The van der Waals surface area contributed by atoms with Crippen molar-refractivity contribution in [1.29, 1.82) is 0 Å². The fourth-order valence-corrected chi connectivity index (χ4v) is 3.43. The number of thiocarbonyl (C=S) groups is 1. The molecule has 4 N–H and O–H groups in total. The van der Waals surface area contributed by atoms with Crippen molar-refractivity contribution in [3.8, 4) is 0 Å². The molecule has 0 unspecified atom stereocenters. The summed E-state index contributed by atoms with van der Waals surface area (Å²) < 4.78 is 27.5. The Hall–Kier alpha value is -2.04. The van der Waals surface area contributed by atoms with E-state index in [1.54, 1.807) is 6.92 Å². The van der Waals surface area contributed by atoms with Crippen molar-refractivity contribution in [2.24, 2.45) is 17.0 Å². The summed E-state index contributed by atoms with van der Waals surface area (Å²) in [6.45, 7) is 3.54. The summed E-state index contributed by atoms with van der Waals surface area (Å²) in [5, 5.41) is 10.5. The number of nitrogens with two attached hydrogens (primary N) is 1. The number of benzene rings is 1. The molecule has 8 nitrogen and oxygen atoms in total. The van der Waals surface area contributed by atoms with Crippen LogP contribution in [0, 0.1) is 11.8 Å². The fourth-order valence-electron chi connectivity index (χ4n) is 2.69. The van der Waals surface area contributed by atoms with Crippen molar-refractivity contribution >= 4 is 44.9 Å². The first-order chi connectivity index (χ1) is 12.1. The first-order valence-electron chi connectivity index (χ1n) is 8.01. The lowest BCUT2D eigenvalue weighted by molar-refractivity contribution is -0.144. The molecule has 1 aliphatic rings. The summed E-state index contributed by atoms with van der Waals surface area (Å²) in [7, 11) is -3.77. The molecule has 1 aromatic rings. The number of carbonyl (C=O) groups excluding carboxylic acids is 2. The molecule has 0 spiro atoms. The highest BCUT2D eigenvalue weighted by Crippen LogP contribution is 2.26. The second kappa shape index (κ2) is 8.11. The van der Waals surface area contributed by atoms with Crippen LogP contribution in [0.3, 0.4) is 0 Å². The molecule has 3 atom stereocenters. The number of esters is 1. The van der Waals surface area contributed by atoms with E-state index < -0.39 is 15.9 Å². The maximum Gasteiger partial charge on any atom is 0.309 e. The van der Waals surface area contributed by atoms with E-state index in [0.717, 1.165) is 0 Å². The second-order valence-corrected chi connectivity index (χ2v) is 8.30. The number of hydrogen-bond donors (Lipinski definition) is 3. The van der Waals surface area contributed by atoms with Gasteiger partial charge in [-0.05, 0) is 56.2 Å². The van der Waals surface area contributed by atoms with E-state index in [4.69, 9.17) is 22.1 Å². The maximum atomic E-state index is 12.2.